The van der Waals surface area contributed by atoms with Crippen LogP contribution in [0.15, 0.2) is 11.9 Å². The monoisotopic (exact) mass is 227 g/mol. The fraction of sp³-hybridized carbons (Fsp3) is 0.571. The van der Waals surface area contributed by atoms with Crippen molar-refractivity contribution in [3.05, 3.63) is 11.9 Å². The quantitative estimate of drug-likeness (QED) is 0.308. The molecule has 0 bridgehead atoms. The second kappa shape index (κ2) is 5.44. The molecule has 0 aliphatic carbocycles. The Morgan fingerprint density at radius 1 is 1.53 bits per heavy atom. The highest BCUT2D eigenvalue weighted by Gasteiger charge is 2.28. The minimum Gasteiger partial charge on any atom is -0.464 e. The molecule has 0 aliphatic heterocycles. The van der Waals surface area contributed by atoms with Crippen molar-refractivity contribution >= 4 is 5.97 Å². The summed E-state index contributed by atoms with van der Waals surface area (Å²) in [5.41, 5.74) is 4.71. The number of hydrogen-bond acceptors (Lipinski definition) is 5. The van der Waals surface area contributed by atoms with Gasteiger partial charge in [0.15, 0.2) is 5.70 Å². The average molecular weight is 227 g/mol. The van der Waals surface area contributed by atoms with Gasteiger partial charge < -0.3 is 15.5 Å². The summed E-state index contributed by atoms with van der Waals surface area (Å²) >= 11 is 0. The second-order valence-electron chi connectivity index (χ2n) is 2.60. The van der Waals surface area contributed by atoms with Crippen molar-refractivity contribution in [2.45, 2.75) is 12.6 Å². The summed E-state index contributed by atoms with van der Waals surface area (Å²) in [6, 6.07) is 0. The van der Waals surface area contributed by atoms with E-state index in [0.717, 1.165) is 13.3 Å². The predicted octanol–water partition coefficient (Wildman–Crippen LogP) is 0.0876. The zero-order valence-corrected chi connectivity index (χ0v) is 8.04. The Balaban J connectivity index is 4.31. The molecule has 0 unspecified atom stereocenters. The minimum absolute atomic E-state index is 0.318. The zero-order chi connectivity index (χ0) is 12.1. The number of rotatable bonds is 4. The van der Waals surface area contributed by atoms with Crippen LogP contribution in [0.4, 0.5) is 13.2 Å². The number of halogens is 3. The molecular formula is C7H12F3N3O2. The van der Waals surface area contributed by atoms with Gasteiger partial charge in [0.2, 0.25) is 0 Å². The molecule has 88 valence electrons. The number of hydrazine groups is 1. The lowest BCUT2D eigenvalue weighted by atomic mass is 10.3. The highest BCUT2D eigenvalue weighted by atomic mass is 19.4. The van der Waals surface area contributed by atoms with Crippen LogP contribution in [-0.2, 0) is 9.53 Å². The SMILES string of the molecule is COC(=O)/C(=C/N)N(N)CCC(F)(F)F. The van der Waals surface area contributed by atoms with Gasteiger partial charge in [-0.1, -0.05) is 0 Å². The van der Waals surface area contributed by atoms with E-state index in [-0.39, 0.29) is 5.70 Å². The van der Waals surface area contributed by atoms with Crippen LogP contribution in [-0.4, -0.2) is 30.8 Å². The number of nitrogens with zero attached hydrogens (tertiary/aromatic N) is 1. The second-order valence-corrected chi connectivity index (χ2v) is 2.60. The lowest BCUT2D eigenvalue weighted by molar-refractivity contribution is -0.143. The van der Waals surface area contributed by atoms with Crippen LogP contribution in [0.25, 0.3) is 0 Å². The van der Waals surface area contributed by atoms with E-state index in [9.17, 15) is 18.0 Å². The van der Waals surface area contributed by atoms with Crippen LogP contribution < -0.4 is 11.6 Å². The van der Waals surface area contributed by atoms with Gasteiger partial charge >= 0.3 is 12.1 Å². The molecule has 0 atom stereocenters. The summed E-state index contributed by atoms with van der Waals surface area (Å²) in [6.45, 7) is -0.568. The van der Waals surface area contributed by atoms with Crippen LogP contribution in [0.5, 0.6) is 0 Å². The Labute approximate surface area is 84.4 Å². The Hall–Kier alpha value is -1.44. The van der Waals surface area contributed by atoms with E-state index in [1.165, 1.54) is 0 Å². The number of nitrogens with two attached hydrogens (primary N) is 2. The van der Waals surface area contributed by atoms with E-state index in [4.69, 9.17) is 11.6 Å². The van der Waals surface area contributed by atoms with Crippen molar-refractivity contribution in [1.82, 2.24) is 5.01 Å². The largest absolute Gasteiger partial charge is 0.464 e. The van der Waals surface area contributed by atoms with Crippen LogP contribution >= 0.6 is 0 Å². The van der Waals surface area contributed by atoms with Gasteiger partial charge in [-0.2, -0.15) is 13.2 Å². The molecule has 0 heterocycles. The smallest absolute Gasteiger partial charge is 0.390 e. The molecule has 0 spiro atoms. The first-order valence-electron chi connectivity index (χ1n) is 3.91. The maximum Gasteiger partial charge on any atom is 0.390 e. The lowest BCUT2D eigenvalue weighted by Crippen LogP contribution is -2.37. The lowest BCUT2D eigenvalue weighted by Gasteiger charge is -2.20. The summed E-state index contributed by atoms with van der Waals surface area (Å²) in [6.07, 6.45) is -4.69. The number of alkyl halides is 3. The highest BCUT2D eigenvalue weighted by molar-refractivity contribution is 5.87. The summed E-state index contributed by atoms with van der Waals surface area (Å²) < 4.78 is 39.7. The van der Waals surface area contributed by atoms with Crippen molar-refractivity contribution in [3.8, 4) is 0 Å². The summed E-state index contributed by atoms with van der Waals surface area (Å²) in [5.74, 6) is 4.31. The summed E-state index contributed by atoms with van der Waals surface area (Å²) in [5, 5.41) is 0.597. The van der Waals surface area contributed by atoms with Gasteiger partial charge in [0.05, 0.1) is 13.5 Å². The van der Waals surface area contributed by atoms with Gasteiger partial charge in [-0.25, -0.2) is 10.6 Å². The van der Waals surface area contributed by atoms with E-state index in [2.05, 4.69) is 4.74 Å². The minimum atomic E-state index is -4.34. The maximum atomic E-state index is 11.8. The van der Waals surface area contributed by atoms with Crippen molar-refractivity contribution in [2.24, 2.45) is 11.6 Å². The van der Waals surface area contributed by atoms with Crippen molar-refractivity contribution < 1.29 is 22.7 Å². The van der Waals surface area contributed by atoms with Gasteiger partial charge in [0.1, 0.15) is 0 Å². The molecule has 4 N–H and O–H groups in total. The highest BCUT2D eigenvalue weighted by Crippen LogP contribution is 2.19. The number of esters is 1. The van der Waals surface area contributed by atoms with E-state index in [1.54, 1.807) is 0 Å². The maximum absolute atomic E-state index is 11.8. The normalized spacial score (nSPS) is 12.5. The Morgan fingerprint density at radius 2 is 2.07 bits per heavy atom. The number of methoxy groups -OCH3 is 1. The van der Waals surface area contributed by atoms with Gasteiger partial charge in [0, 0.05) is 12.7 Å². The number of carbonyl (C=O) groups is 1. The number of ether oxygens (including phenoxy) is 1. The van der Waals surface area contributed by atoms with Crippen molar-refractivity contribution in [1.29, 1.82) is 0 Å². The topological polar surface area (TPSA) is 81.6 Å². The van der Waals surface area contributed by atoms with E-state index in [1.807, 2.05) is 0 Å². The molecule has 0 fully saturated rings. The molecule has 5 nitrogen and oxygen atoms in total. The molecule has 0 aromatic heterocycles. The number of hydrogen-bond donors (Lipinski definition) is 2. The van der Waals surface area contributed by atoms with E-state index < -0.39 is 25.1 Å². The van der Waals surface area contributed by atoms with Crippen LogP contribution in [0.1, 0.15) is 6.42 Å². The Bertz CT molecular complexity index is 252. The van der Waals surface area contributed by atoms with Gasteiger partial charge in [-0.05, 0) is 0 Å². The van der Waals surface area contributed by atoms with Crippen LogP contribution in [0.3, 0.4) is 0 Å². The van der Waals surface area contributed by atoms with Crippen molar-refractivity contribution in [2.75, 3.05) is 13.7 Å². The van der Waals surface area contributed by atoms with Gasteiger partial charge in [0.25, 0.3) is 0 Å². The summed E-state index contributed by atoms with van der Waals surface area (Å²) in [4.78, 5) is 10.9. The first-order valence-corrected chi connectivity index (χ1v) is 3.91. The third kappa shape index (κ3) is 5.11. The molecule has 15 heavy (non-hydrogen) atoms. The third-order valence-corrected chi connectivity index (χ3v) is 1.50. The first-order chi connectivity index (χ1) is 6.81. The molecular weight excluding hydrogens is 215 g/mol. The Morgan fingerprint density at radius 3 is 2.40 bits per heavy atom. The molecule has 0 radical (unpaired) electrons. The molecule has 0 aromatic carbocycles. The molecule has 8 heteroatoms. The molecule has 0 saturated heterocycles. The molecule has 0 saturated carbocycles. The fourth-order valence-electron chi connectivity index (χ4n) is 0.753. The van der Waals surface area contributed by atoms with Crippen LogP contribution in [0.2, 0.25) is 0 Å². The molecule has 0 amide bonds. The zero-order valence-electron chi connectivity index (χ0n) is 8.04. The van der Waals surface area contributed by atoms with Crippen molar-refractivity contribution in [3.63, 3.8) is 0 Å². The van der Waals surface area contributed by atoms with Gasteiger partial charge in [-0.15, -0.1) is 0 Å². The average Bonchev–Trinajstić information content (AvgIpc) is 2.14. The fourth-order valence-corrected chi connectivity index (χ4v) is 0.753. The van der Waals surface area contributed by atoms with E-state index in [0.29, 0.717) is 5.01 Å². The van der Waals surface area contributed by atoms with Gasteiger partial charge in [-0.3, -0.25) is 0 Å². The predicted molar refractivity (Wildman–Crippen MR) is 45.9 cm³/mol. The molecule has 0 aromatic rings. The first kappa shape index (κ1) is 13.6. The third-order valence-electron chi connectivity index (χ3n) is 1.50. The number of carbonyl (C=O) groups excluding carboxylic acids is 1. The molecule has 0 rings (SSSR count). The van der Waals surface area contributed by atoms with Crippen LogP contribution in [0, 0.1) is 0 Å². The summed E-state index contributed by atoms with van der Waals surface area (Å²) in [7, 11) is 1.07. The standard InChI is InChI=1S/C7H12F3N3O2/c1-15-6(14)5(4-11)13(12)3-2-7(8,9)10/h4H,2-3,11-12H2,1H3/b5-4-. The molecule has 0 aliphatic rings. The van der Waals surface area contributed by atoms with E-state index >= 15 is 0 Å². The Kier molecular flexibility index (Phi) is 4.92.